The molecule has 1 amide bonds. The van der Waals surface area contributed by atoms with Crippen molar-refractivity contribution < 1.29 is 14.3 Å². The molecule has 1 atom stereocenters. The summed E-state index contributed by atoms with van der Waals surface area (Å²) < 4.78 is 11.1. The van der Waals surface area contributed by atoms with Crippen LogP contribution in [0, 0.1) is 0 Å². The fourth-order valence-electron chi connectivity index (χ4n) is 3.35. The molecule has 0 bridgehead atoms. The Hall–Kier alpha value is -2.53. The van der Waals surface area contributed by atoms with Crippen molar-refractivity contribution in [2.45, 2.75) is 39.0 Å². The van der Waals surface area contributed by atoms with E-state index in [1.54, 1.807) is 20.1 Å². The van der Waals surface area contributed by atoms with E-state index in [0.29, 0.717) is 18.0 Å². The van der Waals surface area contributed by atoms with Crippen molar-refractivity contribution in [3.8, 4) is 11.5 Å². The quantitative estimate of drug-likeness (QED) is 0.776. The molecule has 1 fully saturated rings. The first-order chi connectivity index (χ1) is 13.2. The normalized spacial score (nSPS) is 15.3. The van der Waals surface area contributed by atoms with Crippen molar-refractivity contribution in [2.24, 2.45) is 0 Å². The first kappa shape index (κ1) is 19.2. The number of rotatable bonds is 8. The van der Waals surface area contributed by atoms with Crippen LogP contribution in [-0.4, -0.2) is 37.1 Å². The highest BCUT2D eigenvalue weighted by Gasteiger charge is 2.18. The molecule has 5 heteroatoms. The summed E-state index contributed by atoms with van der Waals surface area (Å²) in [6.45, 7) is 5.51. The van der Waals surface area contributed by atoms with Crippen molar-refractivity contribution in [3.63, 3.8) is 0 Å². The van der Waals surface area contributed by atoms with E-state index in [4.69, 9.17) is 9.47 Å². The van der Waals surface area contributed by atoms with Gasteiger partial charge in [-0.25, -0.2) is 0 Å². The Morgan fingerprint density at radius 2 is 1.67 bits per heavy atom. The number of nitrogens with zero attached hydrogens (tertiary/aromatic N) is 1. The van der Waals surface area contributed by atoms with Crippen molar-refractivity contribution in [2.75, 3.05) is 20.2 Å². The molecule has 1 aliphatic heterocycles. The third-order valence-electron chi connectivity index (χ3n) is 4.91. The zero-order valence-corrected chi connectivity index (χ0v) is 16.1. The van der Waals surface area contributed by atoms with Gasteiger partial charge in [0.15, 0.2) is 17.6 Å². The lowest BCUT2D eigenvalue weighted by atomic mass is 10.1. The molecule has 1 saturated heterocycles. The number of carbonyl (C=O) groups is 1. The fourth-order valence-corrected chi connectivity index (χ4v) is 3.35. The third-order valence-corrected chi connectivity index (χ3v) is 4.91. The number of methoxy groups -OCH3 is 1. The SMILES string of the molecule is COc1ccccc1O[C@H](C)C(=O)NCc1ccccc1CN1CCCC1. The Balaban J connectivity index is 1.57. The smallest absolute Gasteiger partial charge is 0.261 e. The van der Waals surface area contributed by atoms with Crippen LogP contribution in [-0.2, 0) is 17.9 Å². The van der Waals surface area contributed by atoms with Crippen LogP contribution < -0.4 is 14.8 Å². The maximum absolute atomic E-state index is 12.5. The molecule has 1 N–H and O–H groups in total. The van der Waals surface area contributed by atoms with Crippen LogP contribution in [0.2, 0.25) is 0 Å². The third kappa shape index (κ3) is 5.23. The van der Waals surface area contributed by atoms with Crippen LogP contribution in [0.15, 0.2) is 48.5 Å². The summed E-state index contributed by atoms with van der Waals surface area (Å²) in [4.78, 5) is 15.0. The Labute approximate surface area is 161 Å². The zero-order chi connectivity index (χ0) is 19.1. The van der Waals surface area contributed by atoms with Gasteiger partial charge in [0.2, 0.25) is 0 Å². The lowest BCUT2D eigenvalue weighted by Gasteiger charge is -2.19. The highest BCUT2D eigenvalue weighted by atomic mass is 16.5. The van der Waals surface area contributed by atoms with Gasteiger partial charge in [-0.2, -0.15) is 0 Å². The van der Waals surface area contributed by atoms with Gasteiger partial charge in [-0.3, -0.25) is 9.69 Å². The predicted octanol–water partition coefficient (Wildman–Crippen LogP) is 3.37. The Morgan fingerprint density at radius 3 is 2.37 bits per heavy atom. The summed E-state index contributed by atoms with van der Waals surface area (Å²) in [5, 5.41) is 3.00. The molecule has 144 valence electrons. The van der Waals surface area contributed by atoms with E-state index in [2.05, 4.69) is 28.4 Å². The van der Waals surface area contributed by atoms with Crippen molar-refractivity contribution >= 4 is 5.91 Å². The molecule has 5 nitrogen and oxygen atoms in total. The molecular weight excluding hydrogens is 340 g/mol. The molecule has 27 heavy (non-hydrogen) atoms. The van der Waals surface area contributed by atoms with Gasteiger partial charge in [-0.1, -0.05) is 36.4 Å². The Kier molecular flexibility index (Phi) is 6.71. The number of amides is 1. The monoisotopic (exact) mass is 368 g/mol. The van der Waals surface area contributed by atoms with Gasteiger partial charge in [0, 0.05) is 13.1 Å². The Bertz CT molecular complexity index is 757. The summed E-state index contributed by atoms with van der Waals surface area (Å²) in [6, 6.07) is 15.6. The fraction of sp³-hybridized carbons (Fsp3) is 0.409. The minimum atomic E-state index is -0.605. The van der Waals surface area contributed by atoms with E-state index in [-0.39, 0.29) is 5.91 Å². The van der Waals surface area contributed by atoms with E-state index < -0.39 is 6.10 Å². The zero-order valence-electron chi connectivity index (χ0n) is 16.1. The molecule has 3 rings (SSSR count). The van der Waals surface area contributed by atoms with Crippen molar-refractivity contribution in [3.05, 3.63) is 59.7 Å². The first-order valence-corrected chi connectivity index (χ1v) is 9.54. The van der Waals surface area contributed by atoms with E-state index in [0.717, 1.165) is 25.2 Å². The second kappa shape index (κ2) is 9.42. The second-order valence-corrected chi connectivity index (χ2v) is 6.88. The van der Waals surface area contributed by atoms with Crippen LogP contribution in [0.5, 0.6) is 11.5 Å². The number of hydrogen-bond acceptors (Lipinski definition) is 4. The molecule has 2 aromatic rings. The average molecular weight is 368 g/mol. The van der Waals surface area contributed by atoms with Gasteiger partial charge >= 0.3 is 0 Å². The molecule has 0 unspecified atom stereocenters. The predicted molar refractivity (Wildman–Crippen MR) is 106 cm³/mol. The van der Waals surface area contributed by atoms with Gasteiger partial charge in [-0.15, -0.1) is 0 Å². The summed E-state index contributed by atoms with van der Waals surface area (Å²) in [6.07, 6.45) is 1.94. The molecule has 0 aliphatic carbocycles. The average Bonchev–Trinajstić information content (AvgIpc) is 3.20. The van der Waals surface area contributed by atoms with Gasteiger partial charge in [0.1, 0.15) is 0 Å². The van der Waals surface area contributed by atoms with E-state index in [9.17, 15) is 4.79 Å². The summed E-state index contributed by atoms with van der Waals surface area (Å²) in [7, 11) is 1.59. The molecule has 1 heterocycles. The van der Waals surface area contributed by atoms with Gasteiger partial charge in [-0.05, 0) is 56.1 Å². The summed E-state index contributed by atoms with van der Waals surface area (Å²) in [5.74, 6) is 1.04. The minimum Gasteiger partial charge on any atom is -0.493 e. The van der Waals surface area contributed by atoms with Crippen LogP contribution in [0.1, 0.15) is 30.9 Å². The number of para-hydroxylation sites is 2. The largest absolute Gasteiger partial charge is 0.493 e. The molecule has 0 saturated carbocycles. The maximum atomic E-state index is 12.5. The first-order valence-electron chi connectivity index (χ1n) is 9.54. The standard InChI is InChI=1S/C22H28N2O3/c1-17(27-21-12-6-5-11-20(21)26-2)22(25)23-15-18-9-3-4-10-19(18)16-24-13-7-8-14-24/h3-6,9-12,17H,7-8,13-16H2,1-2H3,(H,23,25)/t17-/m1/s1. The summed E-state index contributed by atoms with van der Waals surface area (Å²) >= 11 is 0. The summed E-state index contributed by atoms with van der Waals surface area (Å²) in [5.41, 5.74) is 2.43. The van der Waals surface area contributed by atoms with Gasteiger partial charge in [0.25, 0.3) is 5.91 Å². The van der Waals surface area contributed by atoms with Gasteiger partial charge in [0.05, 0.1) is 7.11 Å². The van der Waals surface area contributed by atoms with Crippen molar-refractivity contribution in [1.82, 2.24) is 10.2 Å². The van der Waals surface area contributed by atoms with Crippen LogP contribution in [0.4, 0.5) is 0 Å². The highest BCUT2D eigenvalue weighted by molar-refractivity contribution is 5.80. The van der Waals surface area contributed by atoms with E-state index in [1.165, 1.54) is 18.4 Å². The Morgan fingerprint density at radius 1 is 1.04 bits per heavy atom. The molecule has 0 spiro atoms. The number of hydrogen-bond donors (Lipinski definition) is 1. The van der Waals surface area contributed by atoms with Crippen LogP contribution in [0.25, 0.3) is 0 Å². The molecule has 0 aromatic heterocycles. The minimum absolute atomic E-state index is 0.142. The number of ether oxygens (including phenoxy) is 2. The topological polar surface area (TPSA) is 50.8 Å². The number of benzene rings is 2. The number of likely N-dealkylation sites (tertiary alicyclic amines) is 1. The second-order valence-electron chi connectivity index (χ2n) is 6.88. The van der Waals surface area contributed by atoms with E-state index in [1.807, 2.05) is 24.3 Å². The molecule has 0 radical (unpaired) electrons. The van der Waals surface area contributed by atoms with Crippen LogP contribution >= 0.6 is 0 Å². The number of nitrogens with one attached hydrogen (secondary N) is 1. The molecule has 2 aromatic carbocycles. The lowest BCUT2D eigenvalue weighted by molar-refractivity contribution is -0.127. The molecular formula is C22H28N2O3. The van der Waals surface area contributed by atoms with E-state index >= 15 is 0 Å². The highest BCUT2D eigenvalue weighted by Crippen LogP contribution is 2.26. The molecule has 1 aliphatic rings. The lowest BCUT2D eigenvalue weighted by Crippen LogP contribution is -2.36. The van der Waals surface area contributed by atoms with Crippen LogP contribution in [0.3, 0.4) is 0 Å². The number of carbonyl (C=O) groups excluding carboxylic acids is 1. The van der Waals surface area contributed by atoms with Gasteiger partial charge < -0.3 is 14.8 Å². The maximum Gasteiger partial charge on any atom is 0.261 e. The van der Waals surface area contributed by atoms with Crippen molar-refractivity contribution in [1.29, 1.82) is 0 Å².